The van der Waals surface area contributed by atoms with Gasteiger partial charge in [-0.25, -0.2) is 4.79 Å². The highest BCUT2D eigenvalue weighted by molar-refractivity contribution is 5.92. The summed E-state index contributed by atoms with van der Waals surface area (Å²) < 4.78 is 5.26. The molecule has 31 heavy (non-hydrogen) atoms. The second kappa shape index (κ2) is 11.1. The maximum absolute atomic E-state index is 12.9. The van der Waals surface area contributed by atoms with Crippen molar-refractivity contribution < 1.29 is 33.5 Å². The minimum Gasteiger partial charge on any atom is -0.469 e. The van der Waals surface area contributed by atoms with Gasteiger partial charge in [-0.05, 0) is 30.9 Å². The van der Waals surface area contributed by atoms with Crippen LogP contribution in [0, 0.1) is 11.8 Å². The quantitative estimate of drug-likeness (QED) is 0.300. The third kappa shape index (κ3) is 7.12. The van der Waals surface area contributed by atoms with Gasteiger partial charge >= 0.3 is 6.09 Å². The Kier molecular flexibility index (Phi) is 8.59. The molecule has 4 atom stereocenters. The standard InChI is InChI=1S/C20H28N4O7/c1-11(2)16(24-20(29)30)19(28)23-15(9-14-4-3-7-31-14)18(27)22-13(10-25)8-12-5-6-21-17(12)26/h3-4,7,10-13,15-16,24H,5-6,8-9H2,1-2H3,(H,21,26)(H,22,27)(H,23,28)(H,29,30)/t12-,13-,15-,16-/m0/s1. The molecule has 4 amide bonds. The lowest BCUT2D eigenvalue weighted by molar-refractivity contribution is -0.131. The normalized spacial score (nSPS) is 18.5. The molecule has 0 unspecified atom stereocenters. The molecule has 11 nitrogen and oxygen atoms in total. The number of hydrogen-bond acceptors (Lipinski definition) is 6. The van der Waals surface area contributed by atoms with Gasteiger partial charge in [-0.2, -0.15) is 0 Å². The Balaban J connectivity index is 2.10. The SMILES string of the molecule is CC(C)[C@H](NC(=O)O)C(=O)N[C@@H](Cc1ccco1)C(=O)N[C@H](C=O)C[C@@H]1CCNC1=O. The van der Waals surface area contributed by atoms with E-state index < -0.39 is 36.0 Å². The number of carbonyl (C=O) groups excluding carboxylic acids is 4. The smallest absolute Gasteiger partial charge is 0.405 e. The Labute approximate surface area is 179 Å². The molecule has 11 heteroatoms. The Morgan fingerprint density at radius 3 is 2.52 bits per heavy atom. The van der Waals surface area contributed by atoms with Crippen molar-refractivity contribution in [3.63, 3.8) is 0 Å². The van der Waals surface area contributed by atoms with Gasteiger partial charge in [-0.1, -0.05) is 13.8 Å². The van der Waals surface area contributed by atoms with Gasteiger partial charge in [0.2, 0.25) is 17.7 Å². The average molecular weight is 436 g/mol. The van der Waals surface area contributed by atoms with Crippen LogP contribution in [0.5, 0.6) is 0 Å². The van der Waals surface area contributed by atoms with Crippen LogP contribution < -0.4 is 21.3 Å². The predicted molar refractivity (Wildman–Crippen MR) is 108 cm³/mol. The van der Waals surface area contributed by atoms with Crippen molar-refractivity contribution in [1.82, 2.24) is 21.3 Å². The van der Waals surface area contributed by atoms with E-state index in [1.807, 2.05) is 0 Å². The van der Waals surface area contributed by atoms with Crippen LogP contribution >= 0.6 is 0 Å². The van der Waals surface area contributed by atoms with Crippen LogP contribution in [0.1, 0.15) is 32.4 Å². The van der Waals surface area contributed by atoms with E-state index in [4.69, 9.17) is 9.52 Å². The lowest BCUT2D eigenvalue weighted by Gasteiger charge is -2.25. The minimum absolute atomic E-state index is 0.00203. The highest BCUT2D eigenvalue weighted by Crippen LogP contribution is 2.16. The van der Waals surface area contributed by atoms with E-state index >= 15 is 0 Å². The molecule has 1 aromatic rings. The van der Waals surface area contributed by atoms with E-state index in [0.29, 0.717) is 25.0 Å². The van der Waals surface area contributed by atoms with E-state index in [0.717, 1.165) is 0 Å². The first kappa shape index (κ1) is 23.9. The summed E-state index contributed by atoms with van der Waals surface area (Å²) in [5.41, 5.74) is 0. The lowest BCUT2D eigenvalue weighted by Crippen LogP contribution is -2.57. The van der Waals surface area contributed by atoms with Crippen molar-refractivity contribution in [2.24, 2.45) is 11.8 Å². The number of nitrogens with one attached hydrogen (secondary N) is 4. The molecule has 2 rings (SSSR count). The molecule has 0 aromatic carbocycles. The van der Waals surface area contributed by atoms with Crippen LogP contribution in [0.15, 0.2) is 22.8 Å². The van der Waals surface area contributed by atoms with Crippen LogP contribution in [0.4, 0.5) is 4.79 Å². The highest BCUT2D eigenvalue weighted by atomic mass is 16.4. The maximum atomic E-state index is 12.9. The summed E-state index contributed by atoms with van der Waals surface area (Å²) in [4.78, 5) is 59.8. The van der Waals surface area contributed by atoms with E-state index in [-0.39, 0.29) is 30.6 Å². The van der Waals surface area contributed by atoms with Crippen molar-refractivity contribution in [2.75, 3.05) is 6.54 Å². The average Bonchev–Trinajstić information content (AvgIpc) is 3.36. The van der Waals surface area contributed by atoms with Crippen LogP contribution in [-0.4, -0.2) is 59.9 Å². The van der Waals surface area contributed by atoms with Crippen LogP contribution in [0.2, 0.25) is 0 Å². The van der Waals surface area contributed by atoms with Gasteiger partial charge in [0.1, 0.15) is 24.1 Å². The summed E-state index contributed by atoms with van der Waals surface area (Å²) in [5.74, 6) is -1.81. The number of aldehydes is 1. The van der Waals surface area contributed by atoms with E-state index in [2.05, 4.69) is 21.3 Å². The fourth-order valence-electron chi connectivity index (χ4n) is 3.38. The molecular weight excluding hydrogens is 408 g/mol. The van der Waals surface area contributed by atoms with Crippen molar-refractivity contribution in [2.45, 2.75) is 51.2 Å². The highest BCUT2D eigenvalue weighted by Gasteiger charge is 2.32. The molecule has 1 aromatic heterocycles. The van der Waals surface area contributed by atoms with Gasteiger partial charge in [0.05, 0.1) is 12.3 Å². The molecule has 0 radical (unpaired) electrons. The third-order valence-corrected chi connectivity index (χ3v) is 5.04. The summed E-state index contributed by atoms with van der Waals surface area (Å²) in [6, 6.07) is 0.156. The summed E-state index contributed by atoms with van der Waals surface area (Å²) in [7, 11) is 0. The first-order valence-electron chi connectivity index (χ1n) is 10.1. The molecule has 0 saturated carbocycles. The second-order valence-electron chi connectivity index (χ2n) is 7.78. The molecular formula is C20H28N4O7. The first-order chi connectivity index (χ1) is 14.7. The molecule has 1 fully saturated rings. The monoisotopic (exact) mass is 436 g/mol. The first-order valence-corrected chi connectivity index (χ1v) is 10.1. The Bertz CT molecular complexity index is 793. The fourth-order valence-corrected chi connectivity index (χ4v) is 3.38. The molecule has 0 spiro atoms. The number of rotatable bonds is 11. The molecule has 1 aliphatic heterocycles. The van der Waals surface area contributed by atoms with Crippen molar-refractivity contribution in [3.8, 4) is 0 Å². The Morgan fingerprint density at radius 2 is 2.00 bits per heavy atom. The minimum atomic E-state index is -1.36. The summed E-state index contributed by atoms with van der Waals surface area (Å²) in [5, 5.41) is 18.9. The number of amides is 4. The fraction of sp³-hybridized carbons (Fsp3) is 0.550. The van der Waals surface area contributed by atoms with Crippen LogP contribution in [0.25, 0.3) is 0 Å². The van der Waals surface area contributed by atoms with Crippen molar-refractivity contribution >= 4 is 30.1 Å². The summed E-state index contributed by atoms with van der Waals surface area (Å²) in [6.45, 7) is 3.85. The second-order valence-corrected chi connectivity index (χ2v) is 7.78. The molecule has 170 valence electrons. The largest absolute Gasteiger partial charge is 0.469 e. The van der Waals surface area contributed by atoms with Gasteiger partial charge < -0.3 is 35.6 Å². The third-order valence-electron chi connectivity index (χ3n) is 5.04. The molecule has 0 aliphatic carbocycles. The van der Waals surface area contributed by atoms with Crippen LogP contribution in [-0.2, 0) is 25.6 Å². The summed E-state index contributed by atoms with van der Waals surface area (Å²) in [6.07, 6.45) is 1.33. The number of carboxylic acid groups (broad SMARTS) is 1. The number of furan rings is 1. The zero-order valence-corrected chi connectivity index (χ0v) is 17.4. The van der Waals surface area contributed by atoms with Crippen LogP contribution in [0.3, 0.4) is 0 Å². The van der Waals surface area contributed by atoms with Gasteiger partial charge in [-0.15, -0.1) is 0 Å². The molecule has 1 aliphatic rings. The van der Waals surface area contributed by atoms with Gasteiger partial charge in [0.25, 0.3) is 0 Å². The Morgan fingerprint density at radius 1 is 1.26 bits per heavy atom. The van der Waals surface area contributed by atoms with E-state index in [9.17, 15) is 24.0 Å². The lowest BCUT2D eigenvalue weighted by atomic mass is 9.98. The number of hydrogen-bond donors (Lipinski definition) is 5. The summed E-state index contributed by atoms with van der Waals surface area (Å²) >= 11 is 0. The van der Waals surface area contributed by atoms with Gasteiger partial charge in [0.15, 0.2) is 0 Å². The van der Waals surface area contributed by atoms with Crippen molar-refractivity contribution in [3.05, 3.63) is 24.2 Å². The molecule has 5 N–H and O–H groups in total. The van der Waals surface area contributed by atoms with Gasteiger partial charge in [0, 0.05) is 18.9 Å². The van der Waals surface area contributed by atoms with E-state index in [1.165, 1.54) is 6.26 Å². The topological polar surface area (TPSA) is 167 Å². The van der Waals surface area contributed by atoms with E-state index in [1.54, 1.807) is 26.0 Å². The molecule has 0 bridgehead atoms. The molecule has 2 heterocycles. The zero-order valence-electron chi connectivity index (χ0n) is 17.4. The van der Waals surface area contributed by atoms with Crippen molar-refractivity contribution in [1.29, 1.82) is 0 Å². The molecule has 1 saturated heterocycles. The Hall–Kier alpha value is -3.37. The zero-order chi connectivity index (χ0) is 23.0. The maximum Gasteiger partial charge on any atom is 0.405 e. The number of carbonyl (C=O) groups is 5. The predicted octanol–water partition coefficient (Wildman–Crippen LogP) is -0.191. The van der Waals surface area contributed by atoms with Gasteiger partial charge in [-0.3, -0.25) is 14.4 Å².